The first-order valence-corrected chi connectivity index (χ1v) is 13.1. The molecule has 5 N–H and O–H groups in total. The smallest absolute Gasteiger partial charge is 0.444 e. The van der Waals surface area contributed by atoms with E-state index in [4.69, 9.17) is 10.5 Å². The number of halogens is 2. The summed E-state index contributed by atoms with van der Waals surface area (Å²) < 4.78 is 71.6. The Hall–Kier alpha value is -3.53. The zero-order valence-corrected chi connectivity index (χ0v) is 22.4. The summed E-state index contributed by atoms with van der Waals surface area (Å²) in [4.78, 5) is 35.4. The number of carbonyl (C=O) groups is 3. The molecule has 0 spiro atoms. The number of allylic oxidation sites excluding steroid dienone is 2. The van der Waals surface area contributed by atoms with E-state index in [0.717, 1.165) is 10.6 Å². The normalized spacial score (nSPS) is 17.2. The molecule has 1 aromatic heterocycles. The van der Waals surface area contributed by atoms with Gasteiger partial charge in [0.05, 0.1) is 0 Å². The van der Waals surface area contributed by atoms with Gasteiger partial charge in [-0.15, -0.1) is 0 Å². The number of ether oxygens (including phenoxy) is 1. The van der Waals surface area contributed by atoms with Crippen molar-refractivity contribution < 1.29 is 45.2 Å². The minimum atomic E-state index is -4.91. The maximum Gasteiger partial charge on any atom is 0.737 e. The van der Waals surface area contributed by atoms with Crippen LogP contribution in [0.1, 0.15) is 50.6 Å². The molecule has 38 heavy (non-hydrogen) atoms. The van der Waals surface area contributed by atoms with E-state index in [1.807, 2.05) is 0 Å². The number of nitrogens with two attached hydrogens (primary N) is 1. The SMILES string of the molecule is Cc1cc(C)n2c1C=C1C=C(S(=O)(=O)O)C(CCC(=O)NC[C@@H](NC(=O)OC(C)(C)C)C(N)=O)=[N+]1[B-]2(F)F. The number of aryl methyl sites for hydroxylation is 2. The Balaban J connectivity index is 1.80. The van der Waals surface area contributed by atoms with E-state index in [-0.39, 0.29) is 17.1 Å². The zero-order valence-electron chi connectivity index (χ0n) is 21.5. The number of carbonyl (C=O) groups excluding carboxylic acids is 3. The lowest BCUT2D eigenvalue weighted by Crippen LogP contribution is -2.52. The Bertz CT molecular complexity index is 1410. The molecule has 3 rings (SSSR count). The summed E-state index contributed by atoms with van der Waals surface area (Å²) in [7, 11) is -4.91. The van der Waals surface area contributed by atoms with Gasteiger partial charge in [0.1, 0.15) is 11.6 Å². The molecule has 2 aliphatic rings. The molecule has 208 valence electrons. The van der Waals surface area contributed by atoms with E-state index in [2.05, 4.69) is 10.6 Å². The Kier molecular flexibility index (Phi) is 7.63. The third kappa shape index (κ3) is 5.96. The van der Waals surface area contributed by atoms with Gasteiger partial charge in [-0.25, -0.2) is 4.79 Å². The molecule has 1 aromatic rings. The minimum absolute atomic E-state index is 0.137. The van der Waals surface area contributed by atoms with Gasteiger partial charge in [-0.05, 0) is 51.9 Å². The molecule has 0 bridgehead atoms. The third-order valence-corrected chi connectivity index (χ3v) is 6.82. The van der Waals surface area contributed by atoms with Gasteiger partial charge < -0.3 is 38.7 Å². The molecule has 12 nitrogen and oxygen atoms in total. The van der Waals surface area contributed by atoms with Gasteiger partial charge >= 0.3 is 23.2 Å². The number of fused-ring (bicyclic) bond motifs is 2. The van der Waals surface area contributed by atoms with Crippen LogP contribution in [0.3, 0.4) is 0 Å². The molecule has 0 unspecified atom stereocenters. The van der Waals surface area contributed by atoms with Crippen LogP contribution in [0.5, 0.6) is 0 Å². The molecular formula is C22H30BF2N5O7S. The molecule has 0 aromatic carbocycles. The number of rotatable bonds is 8. The zero-order chi connectivity index (χ0) is 28.8. The molecule has 0 radical (unpaired) electrons. The molecule has 3 heterocycles. The fourth-order valence-corrected chi connectivity index (χ4v) is 5.17. The number of hydrogen-bond acceptors (Lipinski definition) is 6. The number of nitrogens with one attached hydrogen (secondary N) is 2. The van der Waals surface area contributed by atoms with Crippen LogP contribution in [0.2, 0.25) is 0 Å². The second-order valence-corrected chi connectivity index (χ2v) is 11.5. The van der Waals surface area contributed by atoms with Crippen molar-refractivity contribution in [3.05, 3.63) is 39.7 Å². The van der Waals surface area contributed by atoms with E-state index in [9.17, 15) is 27.4 Å². The highest BCUT2D eigenvalue weighted by molar-refractivity contribution is 7.90. The van der Waals surface area contributed by atoms with Crippen LogP contribution in [0.15, 0.2) is 22.7 Å². The lowest BCUT2D eigenvalue weighted by Gasteiger charge is -2.30. The molecule has 0 aliphatic carbocycles. The van der Waals surface area contributed by atoms with Gasteiger partial charge in [0.25, 0.3) is 0 Å². The highest BCUT2D eigenvalue weighted by Gasteiger charge is 2.54. The summed E-state index contributed by atoms with van der Waals surface area (Å²) in [5, 5.41) is 4.58. The Labute approximate surface area is 218 Å². The lowest BCUT2D eigenvalue weighted by molar-refractivity contribution is -0.362. The largest absolute Gasteiger partial charge is 0.737 e. The van der Waals surface area contributed by atoms with Crippen LogP contribution in [0.4, 0.5) is 13.4 Å². The first-order valence-electron chi connectivity index (χ1n) is 11.7. The van der Waals surface area contributed by atoms with Gasteiger partial charge in [-0.3, -0.25) is 14.1 Å². The Morgan fingerprint density at radius 3 is 2.42 bits per heavy atom. The fraction of sp³-hybridized carbons (Fsp3) is 0.455. The number of amides is 3. The molecular weight excluding hydrogens is 527 g/mol. The number of nitrogens with zero attached hydrogens (tertiary/aromatic N) is 2. The van der Waals surface area contributed by atoms with E-state index < -0.39 is 76.6 Å². The average Bonchev–Trinajstić information content (AvgIpc) is 3.26. The van der Waals surface area contributed by atoms with Crippen molar-refractivity contribution >= 4 is 46.8 Å². The Morgan fingerprint density at radius 1 is 1.24 bits per heavy atom. The third-order valence-electron chi connectivity index (χ3n) is 5.91. The summed E-state index contributed by atoms with van der Waals surface area (Å²) >= 11 is 0. The fourth-order valence-electron chi connectivity index (χ4n) is 4.40. The summed E-state index contributed by atoms with van der Waals surface area (Å²) in [5.74, 6) is -1.71. The van der Waals surface area contributed by atoms with Gasteiger partial charge in [0.2, 0.25) is 11.8 Å². The van der Waals surface area contributed by atoms with Crippen molar-refractivity contribution in [2.24, 2.45) is 5.73 Å². The highest BCUT2D eigenvalue weighted by Crippen LogP contribution is 2.37. The lowest BCUT2D eigenvalue weighted by atomic mass is 9.90. The first kappa shape index (κ1) is 29.0. The van der Waals surface area contributed by atoms with Crippen LogP contribution >= 0.6 is 0 Å². The second-order valence-electron chi connectivity index (χ2n) is 10.1. The van der Waals surface area contributed by atoms with Crippen molar-refractivity contribution in [2.75, 3.05) is 6.54 Å². The van der Waals surface area contributed by atoms with E-state index in [0.29, 0.717) is 10.0 Å². The average molecular weight is 557 g/mol. The molecule has 0 saturated carbocycles. The van der Waals surface area contributed by atoms with Gasteiger partial charge in [0.15, 0.2) is 16.3 Å². The monoisotopic (exact) mass is 557 g/mol. The topological polar surface area (TPSA) is 173 Å². The number of aromatic nitrogens is 1. The van der Waals surface area contributed by atoms with Crippen molar-refractivity contribution in [3.8, 4) is 0 Å². The molecule has 0 fully saturated rings. The van der Waals surface area contributed by atoms with Gasteiger partial charge in [-0.2, -0.15) is 8.42 Å². The predicted octanol–water partition coefficient (Wildman–Crippen LogP) is 1.20. The molecule has 1 atom stereocenters. The van der Waals surface area contributed by atoms with Gasteiger partial charge in [0, 0.05) is 37.2 Å². The maximum atomic E-state index is 15.7. The van der Waals surface area contributed by atoms with E-state index >= 15 is 8.63 Å². The summed E-state index contributed by atoms with van der Waals surface area (Å²) in [5.41, 5.74) is 4.86. The van der Waals surface area contributed by atoms with Crippen LogP contribution in [0, 0.1) is 13.8 Å². The van der Waals surface area contributed by atoms with Crippen LogP contribution in [-0.4, -0.2) is 70.7 Å². The number of alkyl carbamates (subject to hydrolysis) is 1. The van der Waals surface area contributed by atoms with Crippen molar-refractivity contribution in [3.63, 3.8) is 0 Å². The van der Waals surface area contributed by atoms with E-state index in [1.165, 1.54) is 13.0 Å². The van der Waals surface area contributed by atoms with Crippen LogP contribution in [-0.2, 0) is 24.4 Å². The molecule has 0 saturated heterocycles. The summed E-state index contributed by atoms with van der Waals surface area (Å²) in [6.07, 6.45) is 0.425. The molecule has 3 amide bonds. The quantitative estimate of drug-likeness (QED) is 0.275. The highest BCUT2D eigenvalue weighted by atomic mass is 32.2. The number of primary amides is 1. The summed E-state index contributed by atoms with van der Waals surface area (Å²) in [6, 6.07) is 0.245. The molecule has 16 heteroatoms. The molecule has 2 aliphatic heterocycles. The number of hydrogen-bond donors (Lipinski definition) is 4. The van der Waals surface area contributed by atoms with Crippen molar-refractivity contribution in [2.45, 2.75) is 59.1 Å². The standard InChI is InChI=1S/C22H30BF2N5O7S/c1-12-8-13(2)29-17(12)9-14-10-18(38(34,35)36)16(30(14)23(29,24)25)6-7-19(31)27-11-15(20(26)32)28-21(33)37-22(3,4)5/h8-10,15H,6-7,11H2,1-5H3,(H2,26,32)(H,27,31)(H,28,33)(H,34,35,36)/t15-/m1/s1. The van der Waals surface area contributed by atoms with Crippen LogP contribution in [0.25, 0.3) is 6.08 Å². The maximum absolute atomic E-state index is 15.7. The van der Waals surface area contributed by atoms with Crippen molar-refractivity contribution in [1.82, 2.24) is 15.1 Å². The van der Waals surface area contributed by atoms with E-state index in [1.54, 1.807) is 33.8 Å². The second kappa shape index (κ2) is 9.98. The van der Waals surface area contributed by atoms with Gasteiger partial charge in [-0.1, -0.05) is 0 Å². The predicted molar refractivity (Wildman–Crippen MR) is 135 cm³/mol. The Morgan fingerprint density at radius 2 is 1.87 bits per heavy atom. The summed E-state index contributed by atoms with van der Waals surface area (Å²) in [6.45, 7) is 2.98. The van der Waals surface area contributed by atoms with Crippen molar-refractivity contribution in [1.29, 1.82) is 0 Å². The van der Waals surface area contributed by atoms with Crippen LogP contribution < -0.4 is 16.4 Å². The first-order chi connectivity index (χ1) is 17.3. The minimum Gasteiger partial charge on any atom is -0.444 e.